The maximum atomic E-state index is 13.0. The van der Waals surface area contributed by atoms with Crippen LogP contribution in [0.15, 0.2) is 48.5 Å². The highest BCUT2D eigenvalue weighted by molar-refractivity contribution is 6.04. The van der Waals surface area contributed by atoms with Crippen molar-refractivity contribution in [3.05, 3.63) is 54.1 Å². The highest BCUT2D eigenvalue weighted by Gasteiger charge is 2.45. The molecular formula is C24H30N3O4+. The third kappa shape index (κ3) is 4.51. The van der Waals surface area contributed by atoms with Gasteiger partial charge in [-0.25, -0.2) is 0 Å². The van der Waals surface area contributed by atoms with Crippen molar-refractivity contribution in [3.8, 4) is 11.5 Å². The van der Waals surface area contributed by atoms with Gasteiger partial charge in [0.15, 0.2) is 17.5 Å². The van der Waals surface area contributed by atoms with Crippen LogP contribution in [-0.4, -0.2) is 69.7 Å². The van der Waals surface area contributed by atoms with Gasteiger partial charge in [-0.15, -0.1) is 0 Å². The van der Waals surface area contributed by atoms with Crippen LogP contribution in [0.5, 0.6) is 11.5 Å². The van der Waals surface area contributed by atoms with Gasteiger partial charge >= 0.3 is 0 Å². The SMILES string of the molecule is COc1ccc(CCN2C(=O)C[C@H]([NH+]3CCN(c4ccccc4)CC3)C2=O)cc1OC. The first-order chi connectivity index (χ1) is 15.1. The van der Waals surface area contributed by atoms with E-state index in [0.717, 1.165) is 31.7 Å². The van der Waals surface area contributed by atoms with E-state index in [0.29, 0.717) is 30.9 Å². The minimum atomic E-state index is -0.254. The van der Waals surface area contributed by atoms with Crippen LogP contribution < -0.4 is 19.3 Å². The Morgan fingerprint density at radius 1 is 0.968 bits per heavy atom. The molecule has 0 unspecified atom stereocenters. The van der Waals surface area contributed by atoms with E-state index >= 15 is 0 Å². The van der Waals surface area contributed by atoms with Crippen molar-refractivity contribution in [1.82, 2.24) is 4.90 Å². The second-order valence-electron chi connectivity index (χ2n) is 8.06. The van der Waals surface area contributed by atoms with Crippen molar-refractivity contribution in [2.75, 3.05) is 51.8 Å². The molecule has 0 spiro atoms. The second kappa shape index (κ2) is 9.39. The van der Waals surface area contributed by atoms with Crippen LogP contribution in [0.1, 0.15) is 12.0 Å². The van der Waals surface area contributed by atoms with Gasteiger partial charge in [-0.2, -0.15) is 0 Å². The minimum absolute atomic E-state index is 0.0337. The fourth-order valence-corrected chi connectivity index (χ4v) is 4.55. The highest BCUT2D eigenvalue weighted by Crippen LogP contribution is 2.28. The number of likely N-dealkylation sites (tertiary alicyclic amines) is 1. The molecule has 7 nitrogen and oxygen atoms in total. The number of hydrogen-bond acceptors (Lipinski definition) is 5. The number of amides is 2. The van der Waals surface area contributed by atoms with Crippen LogP contribution >= 0.6 is 0 Å². The van der Waals surface area contributed by atoms with Crippen molar-refractivity contribution in [1.29, 1.82) is 0 Å². The Morgan fingerprint density at radius 2 is 1.68 bits per heavy atom. The van der Waals surface area contributed by atoms with Gasteiger partial charge in [0, 0.05) is 12.2 Å². The number of piperazine rings is 1. The van der Waals surface area contributed by atoms with Crippen molar-refractivity contribution in [3.63, 3.8) is 0 Å². The van der Waals surface area contributed by atoms with Crippen molar-refractivity contribution < 1.29 is 24.0 Å². The van der Waals surface area contributed by atoms with Gasteiger partial charge < -0.3 is 19.3 Å². The summed E-state index contributed by atoms with van der Waals surface area (Å²) in [5.74, 6) is 1.22. The molecule has 0 aliphatic carbocycles. The number of methoxy groups -OCH3 is 2. The predicted octanol–water partition coefficient (Wildman–Crippen LogP) is 0.779. The van der Waals surface area contributed by atoms with Gasteiger partial charge in [0.1, 0.15) is 0 Å². The van der Waals surface area contributed by atoms with Gasteiger partial charge in [0.2, 0.25) is 5.91 Å². The summed E-state index contributed by atoms with van der Waals surface area (Å²) in [5, 5.41) is 0. The number of ether oxygens (including phenoxy) is 2. The summed E-state index contributed by atoms with van der Waals surface area (Å²) < 4.78 is 10.6. The van der Waals surface area contributed by atoms with Crippen LogP contribution in [0.25, 0.3) is 0 Å². The van der Waals surface area contributed by atoms with Crippen LogP contribution in [0.2, 0.25) is 0 Å². The monoisotopic (exact) mass is 424 g/mol. The molecule has 2 aromatic carbocycles. The minimum Gasteiger partial charge on any atom is -0.493 e. The van der Waals surface area contributed by atoms with E-state index in [4.69, 9.17) is 9.47 Å². The third-order valence-electron chi connectivity index (χ3n) is 6.34. The van der Waals surface area contributed by atoms with Gasteiger partial charge in [0.05, 0.1) is 46.8 Å². The standard InChI is InChI=1S/C24H29N3O4/c1-30-21-9-8-18(16-22(21)31-2)10-11-27-23(28)17-20(24(27)29)26-14-12-25(13-15-26)19-6-4-3-5-7-19/h3-9,16,20H,10-15,17H2,1-2H3/p+1/t20-/m0/s1. The van der Waals surface area contributed by atoms with E-state index in [1.165, 1.54) is 15.5 Å². The molecule has 0 radical (unpaired) electrons. The van der Waals surface area contributed by atoms with Gasteiger partial charge in [-0.1, -0.05) is 24.3 Å². The zero-order valence-corrected chi connectivity index (χ0v) is 18.2. The fraction of sp³-hybridized carbons (Fsp3) is 0.417. The molecule has 2 aliphatic heterocycles. The Bertz CT molecular complexity index is 926. The Labute approximate surface area is 183 Å². The van der Waals surface area contributed by atoms with Gasteiger partial charge in [-0.05, 0) is 36.2 Å². The van der Waals surface area contributed by atoms with Crippen molar-refractivity contribution in [2.24, 2.45) is 0 Å². The first kappa shape index (κ1) is 21.2. The molecule has 0 aromatic heterocycles. The first-order valence-corrected chi connectivity index (χ1v) is 10.8. The largest absolute Gasteiger partial charge is 0.493 e. The molecule has 1 atom stereocenters. The van der Waals surface area contributed by atoms with Crippen LogP contribution in [0.3, 0.4) is 0 Å². The first-order valence-electron chi connectivity index (χ1n) is 10.8. The Morgan fingerprint density at radius 3 is 2.35 bits per heavy atom. The summed E-state index contributed by atoms with van der Waals surface area (Å²) in [5.41, 5.74) is 2.22. The average Bonchev–Trinajstić information content (AvgIpc) is 3.11. The normalized spacial score (nSPS) is 19.7. The molecule has 2 fully saturated rings. The fourth-order valence-electron chi connectivity index (χ4n) is 4.55. The van der Waals surface area contributed by atoms with Crippen molar-refractivity contribution >= 4 is 17.5 Å². The van der Waals surface area contributed by atoms with E-state index in [1.807, 2.05) is 36.4 Å². The van der Waals surface area contributed by atoms with E-state index in [1.54, 1.807) is 14.2 Å². The molecule has 7 heteroatoms. The zero-order chi connectivity index (χ0) is 21.8. The molecular weight excluding hydrogens is 394 g/mol. The molecule has 1 N–H and O–H groups in total. The lowest BCUT2D eigenvalue weighted by atomic mass is 10.1. The van der Waals surface area contributed by atoms with Crippen LogP contribution in [-0.2, 0) is 16.0 Å². The lowest BCUT2D eigenvalue weighted by molar-refractivity contribution is -0.915. The summed E-state index contributed by atoms with van der Waals surface area (Å²) >= 11 is 0. The van der Waals surface area contributed by atoms with Gasteiger partial charge in [0.25, 0.3) is 5.91 Å². The third-order valence-corrected chi connectivity index (χ3v) is 6.34. The molecule has 2 aromatic rings. The molecule has 2 aliphatic rings. The number of benzene rings is 2. The number of para-hydroxylation sites is 1. The maximum absolute atomic E-state index is 13.0. The van der Waals surface area contributed by atoms with Crippen molar-refractivity contribution in [2.45, 2.75) is 18.9 Å². The smallest absolute Gasteiger partial charge is 0.288 e. The summed E-state index contributed by atoms with van der Waals surface area (Å²) in [6.07, 6.45) is 0.910. The van der Waals surface area contributed by atoms with E-state index in [2.05, 4.69) is 17.0 Å². The predicted molar refractivity (Wildman–Crippen MR) is 118 cm³/mol. The lowest BCUT2D eigenvalue weighted by Gasteiger charge is -2.35. The number of hydrogen-bond donors (Lipinski definition) is 1. The number of anilines is 1. The number of nitrogens with zero attached hydrogens (tertiary/aromatic N) is 2. The summed E-state index contributed by atoms with van der Waals surface area (Å²) in [6.45, 7) is 3.91. The Kier molecular flexibility index (Phi) is 6.42. The number of quaternary nitrogens is 1. The second-order valence-corrected chi connectivity index (χ2v) is 8.06. The van der Waals surface area contributed by atoms with E-state index in [9.17, 15) is 9.59 Å². The number of nitrogens with one attached hydrogen (secondary N) is 1. The summed E-state index contributed by atoms with van der Waals surface area (Å²) in [4.78, 5) is 30.7. The Hall–Kier alpha value is -3.06. The lowest BCUT2D eigenvalue weighted by Crippen LogP contribution is -3.19. The number of carbonyl (C=O) groups excluding carboxylic acids is 2. The van der Waals surface area contributed by atoms with Crippen LogP contribution in [0.4, 0.5) is 5.69 Å². The molecule has 0 bridgehead atoms. The van der Waals surface area contributed by atoms with Crippen LogP contribution in [0, 0.1) is 0 Å². The maximum Gasteiger partial charge on any atom is 0.288 e. The molecule has 4 rings (SSSR count). The molecule has 164 valence electrons. The highest BCUT2D eigenvalue weighted by atomic mass is 16.5. The number of carbonyl (C=O) groups is 2. The molecule has 31 heavy (non-hydrogen) atoms. The molecule has 0 saturated carbocycles. The van der Waals surface area contributed by atoms with E-state index in [-0.39, 0.29) is 17.9 Å². The molecule has 2 amide bonds. The van der Waals surface area contributed by atoms with E-state index < -0.39 is 0 Å². The molecule has 2 heterocycles. The number of imide groups is 1. The van der Waals surface area contributed by atoms with Gasteiger partial charge in [-0.3, -0.25) is 14.5 Å². The zero-order valence-electron chi connectivity index (χ0n) is 18.2. The quantitative estimate of drug-likeness (QED) is 0.666. The number of rotatable bonds is 7. The topological polar surface area (TPSA) is 63.5 Å². The average molecular weight is 425 g/mol. The summed E-state index contributed by atoms with van der Waals surface area (Å²) in [7, 11) is 3.20. The summed E-state index contributed by atoms with van der Waals surface area (Å²) in [6, 6.07) is 15.8. The molecule has 2 saturated heterocycles. The Balaban J connectivity index is 1.34.